The first kappa shape index (κ1) is 17.4. The second kappa shape index (κ2) is 7.08. The number of amides is 1. The molecule has 0 saturated carbocycles. The van der Waals surface area contributed by atoms with Crippen molar-refractivity contribution in [3.05, 3.63) is 62.5 Å². The van der Waals surface area contributed by atoms with Gasteiger partial charge in [-0.25, -0.2) is 0 Å². The molecule has 1 aromatic carbocycles. The highest BCUT2D eigenvalue weighted by atomic mass is 16.6. The minimum Gasteiger partial charge on any atom is -0.496 e. The van der Waals surface area contributed by atoms with Crippen molar-refractivity contribution in [1.82, 2.24) is 10.3 Å². The van der Waals surface area contributed by atoms with E-state index in [1.165, 1.54) is 12.1 Å². The average molecular weight is 329 g/mol. The van der Waals surface area contributed by atoms with Crippen molar-refractivity contribution < 1.29 is 14.5 Å². The summed E-state index contributed by atoms with van der Waals surface area (Å²) in [6.07, 6.45) is 1.69. The molecule has 0 aliphatic heterocycles. The molecule has 0 atom stereocenters. The molecule has 0 aliphatic rings. The van der Waals surface area contributed by atoms with Crippen LogP contribution in [0.1, 0.15) is 32.7 Å². The van der Waals surface area contributed by atoms with Crippen molar-refractivity contribution >= 4 is 11.6 Å². The highest BCUT2D eigenvalue weighted by Crippen LogP contribution is 2.24. The number of hydrogen-bond donors (Lipinski definition) is 1. The summed E-state index contributed by atoms with van der Waals surface area (Å²) in [7, 11) is 1.59. The summed E-state index contributed by atoms with van der Waals surface area (Å²) in [5, 5.41) is 13.7. The van der Waals surface area contributed by atoms with E-state index in [1.54, 1.807) is 26.3 Å². The summed E-state index contributed by atoms with van der Waals surface area (Å²) in [5.41, 5.74) is 3.00. The van der Waals surface area contributed by atoms with Gasteiger partial charge in [0.05, 0.1) is 24.3 Å². The number of aryl methyl sites for hydroxylation is 1. The van der Waals surface area contributed by atoms with E-state index in [9.17, 15) is 14.9 Å². The number of methoxy groups -OCH3 is 1. The van der Waals surface area contributed by atoms with Crippen LogP contribution in [-0.2, 0) is 6.54 Å². The molecule has 0 radical (unpaired) electrons. The van der Waals surface area contributed by atoms with Crippen LogP contribution in [0.25, 0.3) is 0 Å². The number of carbonyl (C=O) groups is 1. The molecule has 2 aromatic rings. The number of benzene rings is 1. The van der Waals surface area contributed by atoms with Gasteiger partial charge in [-0.3, -0.25) is 19.9 Å². The first-order valence-electron chi connectivity index (χ1n) is 7.38. The number of aromatic nitrogens is 1. The first-order valence-corrected chi connectivity index (χ1v) is 7.38. The molecule has 1 aromatic heterocycles. The Kier molecular flexibility index (Phi) is 5.13. The zero-order chi connectivity index (χ0) is 17.9. The molecule has 7 nitrogen and oxygen atoms in total. The third-order valence-electron chi connectivity index (χ3n) is 3.91. The largest absolute Gasteiger partial charge is 0.496 e. The van der Waals surface area contributed by atoms with Gasteiger partial charge in [-0.1, -0.05) is 6.07 Å². The number of ether oxygens (including phenoxy) is 1. The number of nitro groups is 1. The Hall–Kier alpha value is -2.96. The van der Waals surface area contributed by atoms with Gasteiger partial charge in [-0.15, -0.1) is 0 Å². The number of carbonyl (C=O) groups excluding carboxylic acids is 1. The Bertz CT molecular complexity index is 803. The second-order valence-corrected chi connectivity index (χ2v) is 5.44. The maximum absolute atomic E-state index is 12.4. The fourth-order valence-electron chi connectivity index (χ4n) is 2.58. The van der Waals surface area contributed by atoms with E-state index in [0.29, 0.717) is 11.3 Å². The van der Waals surface area contributed by atoms with Crippen molar-refractivity contribution in [1.29, 1.82) is 0 Å². The van der Waals surface area contributed by atoms with Crippen molar-refractivity contribution in [3.63, 3.8) is 0 Å². The van der Waals surface area contributed by atoms with E-state index in [2.05, 4.69) is 10.3 Å². The van der Waals surface area contributed by atoms with Crippen LogP contribution in [0.15, 0.2) is 24.4 Å². The minimum absolute atomic E-state index is 0.0750. The van der Waals surface area contributed by atoms with Gasteiger partial charge in [0.15, 0.2) is 0 Å². The molecule has 1 amide bonds. The summed E-state index contributed by atoms with van der Waals surface area (Å²) >= 11 is 0. The summed E-state index contributed by atoms with van der Waals surface area (Å²) in [6, 6.07) is 4.44. The molecule has 24 heavy (non-hydrogen) atoms. The number of nitrogens with one attached hydrogen (secondary N) is 1. The van der Waals surface area contributed by atoms with Crippen molar-refractivity contribution in [3.8, 4) is 5.75 Å². The lowest BCUT2D eigenvalue weighted by Gasteiger charge is -2.13. The van der Waals surface area contributed by atoms with Gasteiger partial charge in [0.25, 0.3) is 11.6 Å². The number of pyridine rings is 1. The van der Waals surface area contributed by atoms with Crippen LogP contribution < -0.4 is 10.1 Å². The third kappa shape index (κ3) is 3.34. The zero-order valence-corrected chi connectivity index (χ0v) is 14.0. The molecule has 0 saturated heterocycles. The third-order valence-corrected chi connectivity index (χ3v) is 3.91. The standard InChI is InChI=1S/C17H19N3O4/c1-10-8-18-14(12(3)16(10)24-4)9-19-17(21)13-6-5-7-15(11(13)2)20(22)23/h5-8H,9H2,1-4H3,(H,19,21). The lowest BCUT2D eigenvalue weighted by atomic mass is 10.1. The van der Waals surface area contributed by atoms with Crippen LogP contribution in [0.5, 0.6) is 5.75 Å². The van der Waals surface area contributed by atoms with Gasteiger partial charge >= 0.3 is 0 Å². The Balaban J connectivity index is 2.21. The van der Waals surface area contributed by atoms with Gasteiger partial charge in [-0.2, -0.15) is 0 Å². The SMILES string of the molecule is COc1c(C)cnc(CNC(=O)c2cccc([N+](=O)[O-])c2C)c1C. The molecular formula is C17H19N3O4. The van der Waals surface area contributed by atoms with E-state index in [4.69, 9.17) is 4.74 Å². The molecule has 0 fully saturated rings. The predicted octanol–water partition coefficient (Wildman–Crippen LogP) is 2.85. The fourth-order valence-corrected chi connectivity index (χ4v) is 2.58. The molecular weight excluding hydrogens is 310 g/mol. The average Bonchev–Trinajstić information content (AvgIpc) is 2.54. The Morgan fingerprint density at radius 1 is 1.29 bits per heavy atom. The van der Waals surface area contributed by atoms with Crippen LogP contribution in [-0.4, -0.2) is 22.9 Å². The van der Waals surface area contributed by atoms with Crippen molar-refractivity contribution in [2.24, 2.45) is 0 Å². The van der Waals surface area contributed by atoms with Gasteiger partial charge in [0, 0.05) is 34.5 Å². The minimum atomic E-state index is -0.497. The van der Waals surface area contributed by atoms with E-state index in [1.807, 2.05) is 13.8 Å². The zero-order valence-electron chi connectivity index (χ0n) is 14.0. The molecule has 0 spiro atoms. The van der Waals surface area contributed by atoms with Crippen LogP contribution in [0.4, 0.5) is 5.69 Å². The summed E-state index contributed by atoms with van der Waals surface area (Å²) < 4.78 is 5.34. The number of nitrogens with zero attached hydrogens (tertiary/aromatic N) is 2. The molecule has 0 bridgehead atoms. The van der Waals surface area contributed by atoms with E-state index < -0.39 is 4.92 Å². The number of nitro benzene ring substituents is 1. The summed E-state index contributed by atoms with van der Waals surface area (Å²) in [6.45, 7) is 5.54. The molecule has 0 aliphatic carbocycles. The normalized spacial score (nSPS) is 10.3. The number of rotatable bonds is 5. The molecule has 7 heteroatoms. The quantitative estimate of drug-likeness (QED) is 0.672. The second-order valence-electron chi connectivity index (χ2n) is 5.44. The summed E-state index contributed by atoms with van der Waals surface area (Å²) in [4.78, 5) is 27.1. The van der Waals surface area contributed by atoms with Crippen LogP contribution >= 0.6 is 0 Å². The Morgan fingerprint density at radius 3 is 2.62 bits per heavy atom. The van der Waals surface area contributed by atoms with Gasteiger partial charge in [-0.05, 0) is 26.8 Å². The topological polar surface area (TPSA) is 94.4 Å². The molecule has 0 unspecified atom stereocenters. The maximum atomic E-state index is 12.4. The van der Waals surface area contributed by atoms with Gasteiger partial charge in [0.2, 0.25) is 0 Å². The predicted molar refractivity (Wildman–Crippen MR) is 89.3 cm³/mol. The van der Waals surface area contributed by atoms with E-state index in [0.717, 1.165) is 16.9 Å². The fraction of sp³-hybridized carbons (Fsp3) is 0.294. The maximum Gasteiger partial charge on any atom is 0.273 e. The molecule has 1 heterocycles. The number of hydrogen-bond acceptors (Lipinski definition) is 5. The van der Waals surface area contributed by atoms with Gasteiger partial charge < -0.3 is 10.1 Å². The molecule has 1 N–H and O–H groups in total. The van der Waals surface area contributed by atoms with E-state index in [-0.39, 0.29) is 23.7 Å². The smallest absolute Gasteiger partial charge is 0.273 e. The van der Waals surface area contributed by atoms with Crippen LogP contribution in [0, 0.1) is 30.9 Å². The Labute approximate surface area is 139 Å². The lowest BCUT2D eigenvalue weighted by molar-refractivity contribution is -0.385. The first-order chi connectivity index (χ1) is 11.4. The van der Waals surface area contributed by atoms with Crippen molar-refractivity contribution in [2.45, 2.75) is 27.3 Å². The van der Waals surface area contributed by atoms with Crippen LogP contribution in [0.2, 0.25) is 0 Å². The molecule has 2 rings (SSSR count). The Morgan fingerprint density at radius 2 is 2.00 bits per heavy atom. The lowest BCUT2D eigenvalue weighted by Crippen LogP contribution is -2.25. The van der Waals surface area contributed by atoms with Crippen LogP contribution in [0.3, 0.4) is 0 Å². The summed E-state index contributed by atoms with van der Waals surface area (Å²) in [5.74, 6) is 0.359. The monoisotopic (exact) mass is 329 g/mol. The molecule has 126 valence electrons. The highest BCUT2D eigenvalue weighted by Gasteiger charge is 2.18. The highest BCUT2D eigenvalue weighted by molar-refractivity contribution is 5.96. The van der Waals surface area contributed by atoms with Gasteiger partial charge in [0.1, 0.15) is 5.75 Å². The van der Waals surface area contributed by atoms with E-state index >= 15 is 0 Å². The van der Waals surface area contributed by atoms with Crippen molar-refractivity contribution in [2.75, 3.05) is 7.11 Å².